The fourth-order valence-corrected chi connectivity index (χ4v) is 2.66. The van der Waals surface area contributed by atoms with Gasteiger partial charge in [0.05, 0.1) is 17.0 Å². The molecule has 0 radical (unpaired) electrons. The summed E-state index contributed by atoms with van der Waals surface area (Å²) in [5.74, 6) is 5.94. The van der Waals surface area contributed by atoms with Crippen LogP contribution in [0.25, 0.3) is 0 Å². The smallest absolute Gasteiger partial charge is 0.252 e. The monoisotopic (exact) mass is 298 g/mol. The van der Waals surface area contributed by atoms with Crippen LogP contribution in [-0.2, 0) is 0 Å². The van der Waals surface area contributed by atoms with Crippen LogP contribution in [0.4, 0.5) is 0 Å². The second-order valence-corrected chi connectivity index (χ2v) is 5.64. The molecule has 21 heavy (non-hydrogen) atoms. The molecule has 0 saturated carbocycles. The second kappa shape index (κ2) is 7.63. The number of amides is 1. The van der Waals surface area contributed by atoms with Crippen molar-refractivity contribution in [3.63, 3.8) is 0 Å². The molecule has 0 bridgehead atoms. The normalized spacial score (nSPS) is 11.3. The minimum absolute atomic E-state index is 0.0603. The molecule has 1 atom stereocenters. The minimum atomic E-state index is -0.0603. The fourth-order valence-electron chi connectivity index (χ4n) is 1.91. The Labute approximate surface area is 129 Å². The molecule has 4 heteroatoms. The van der Waals surface area contributed by atoms with E-state index in [2.05, 4.69) is 36.2 Å². The van der Waals surface area contributed by atoms with Gasteiger partial charge in [-0.3, -0.25) is 4.79 Å². The predicted octanol–water partition coefficient (Wildman–Crippen LogP) is 2.59. The molecule has 0 spiro atoms. The zero-order chi connectivity index (χ0) is 15.1. The van der Waals surface area contributed by atoms with Crippen molar-refractivity contribution < 1.29 is 4.79 Å². The van der Waals surface area contributed by atoms with Crippen molar-refractivity contribution in [2.24, 2.45) is 5.73 Å². The van der Waals surface area contributed by atoms with Gasteiger partial charge in [0, 0.05) is 11.9 Å². The molecule has 2 rings (SSSR count). The topological polar surface area (TPSA) is 55.1 Å². The molecule has 0 aliphatic carbocycles. The Bertz CT molecular complexity index is 652. The Balaban J connectivity index is 1.91. The zero-order valence-corrected chi connectivity index (χ0v) is 12.7. The number of hydrogen-bond donors (Lipinski definition) is 2. The van der Waals surface area contributed by atoms with Gasteiger partial charge in [-0.05, 0) is 17.5 Å². The lowest BCUT2D eigenvalue weighted by Gasteiger charge is -2.12. The molecule has 0 aliphatic heterocycles. The number of rotatable bonds is 4. The molecule has 0 fully saturated rings. The zero-order valence-electron chi connectivity index (χ0n) is 11.9. The first-order chi connectivity index (χ1) is 10.2. The first kappa shape index (κ1) is 15.3. The molecule has 108 valence electrons. The van der Waals surface area contributed by atoms with Gasteiger partial charge in [0.2, 0.25) is 0 Å². The standard InChI is InChI=1S/C17H18N2OS/c1-13(14-6-3-2-4-7-14)11-19-17(20)15-10-16(21-12-15)8-5-9-18/h2-4,6-7,10,12-13H,9,11,18H2,1H3,(H,19,20). The van der Waals surface area contributed by atoms with Crippen LogP contribution in [0.5, 0.6) is 0 Å². The highest BCUT2D eigenvalue weighted by atomic mass is 32.1. The molecular weight excluding hydrogens is 280 g/mol. The Morgan fingerprint density at radius 2 is 2.14 bits per heavy atom. The van der Waals surface area contributed by atoms with E-state index in [0.717, 1.165) is 4.88 Å². The molecule has 1 amide bonds. The first-order valence-corrected chi connectivity index (χ1v) is 7.69. The maximum absolute atomic E-state index is 12.1. The van der Waals surface area contributed by atoms with Crippen molar-refractivity contribution in [1.82, 2.24) is 5.32 Å². The lowest BCUT2D eigenvalue weighted by Crippen LogP contribution is -2.27. The maximum atomic E-state index is 12.1. The third-order valence-electron chi connectivity index (χ3n) is 3.11. The molecule has 1 aromatic carbocycles. The third-order valence-corrected chi connectivity index (χ3v) is 3.96. The summed E-state index contributed by atoms with van der Waals surface area (Å²) in [4.78, 5) is 13.0. The van der Waals surface area contributed by atoms with Gasteiger partial charge >= 0.3 is 0 Å². The fraction of sp³-hybridized carbons (Fsp3) is 0.235. The molecule has 1 heterocycles. The molecule has 0 aliphatic rings. The third kappa shape index (κ3) is 4.45. The number of carbonyl (C=O) groups is 1. The summed E-state index contributed by atoms with van der Waals surface area (Å²) >= 11 is 1.46. The van der Waals surface area contributed by atoms with Gasteiger partial charge in [-0.1, -0.05) is 49.1 Å². The van der Waals surface area contributed by atoms with E-state index in [1.54, 1.807) is 6.07 Å². The van der Waals surface area contributed by atoms with E-state index in [9.17, 15) is 4.79 Å². The SMILES string of the molecule is CC(CNC(=O)c1csc(C#CCN)c1)c1ccccc1. The number of benzene rings is 1. The van der Waals surface area contributed by atoms with Crippen LogP contribution in [0.3, 0.4) is 0 Å². The highest BCUT2D eigenvalue weighted by molar-refractivity contribution is 7.10. The van der Waals surface area contributed by atoms with Crippen LogP contribution in [0.2, 0.25) is 0 Å². The lowest BCUT2D eigenvalue weighted by atomic mass is 10.0. The lowest BCUT2D eigenvalue weighted by molar-refractivity contribution is 0.0952. The Morgan fingerprint density at radius 1 is 1.38 bits per heavy atom. The van der Waals surface area contributed by atoms with Crippen molar-refractivity contribution >= 4 is 17.2 Å². The van der Waals surface area contributed by atoms with E-state index in [1.807, 2.05) is 23.6 Å². The van der Waals surface area contributed by atoms with Crippen LogP contribution < -0.4 is 11.1 Å². The molecule has 3 N–H and O–H groups in total. The van der Waals surface area contributed by atoms with Gasteiger partial charge in [-0.2, -0.15) is 0 Å². The van der Waals surface area contributed by atoms with Crippen molar-refractivity contribution in [3.05, 3.63) is 57.8 Å². The van der Waals surface area contributed by atoms with Crippen molar-refractivity contribution in [2.75, 3.05) is 13.1 Å². The van der Waals surface area contributed by atoms with Gasteiger partial charge in [-0.25, -0.2) is 0 Å². The largest absolute Gasteiger partial charge is 0.351 e. The van der Waals surface area contributed by atoms with E-state index in [0.29, 0.717) is 18.7 Å². The van der Waals surface area contributed by atoms with Crippen LogP contribution >= 0.6 is 11.3 Å². The van der Waals surface area contributed by atoms with Crippen molar-refractivity contribution in [3.8, 4) is 11.8 Å². The number of nitrogens with two attached hydrogens (primary N) is 1. The number of carbonyl (C=O) groups excluding carboxylic acids is 1. The van der Waals surface area contributed by atoms with Crippen LogP contribution in [0, 0.1) is 11.8 Å². The van der Waals surface area contributed by atoms with E-state index >= 15 is 0 Å². The number of thiophene rings is 1. The summed E-state index contributed by atoms with van der Waals surface area (Å²) in [6, 6.07) is 12.0. The molecule has 1 aromatic heterocycles. The first-order valence-electron chi connectivity index (χ1n) is 6.81. The average molecular weight is 298 g/mol. The summed E-state index contributed by atoms with van der Waals surface area (Å²) in [5, 5.41) is 4.78. The summed E-state index contributed by atoms with van der Waals surface area (Å²) < 4.78 is 0. The van der Waals surface area contributed by atoms with Crippen LogP contribution in [-0.4, -0.2) is 19.0 Å². The summed E-state index contributed by atoms with van der Waals surface area (Å²) in [5.41, 5.74) is 7.21. The number of nitrogens with one attached hydrogen (secondary N) is 1. The van der Waals surface area contributed by atoms with Gasteiger partial charge < -0.3 is 11.1 Å². The average Bonchev–Trinajstić information content (AvgIpc) is 3.00. The van der Waals surface area contributed by atoms with Crippen LogP contribution in [0.15, 0.2) is 41.8 Å². The molecule has 2 aromatic rings. The second-order valence-electron chi connectivity index (χ2n) is 4.73. The van der Waals surface area contributed by atoms with E-state index in [4.69, 9.17) is 5.73 Å². The van der Waals surface area contributed by atoms with Crippen molar-refractivity contribution in [2.45, 2.75) is 12.8 Å². The van der Waals surface area contributed by atoms with Gasteiger partial charge in [-0.15, -0.1) is 11.3 Å². The minimum Gasteiger partial charge on any atom is -0.351 e. The highest BCUT2D eigenvalue weighted by Gasteiger charge is 2.10. The molecule has 0 saturated heterocycles. The quantitative estimate of drug-likeness (QED) is 0.853. The molecular formula is C17H18N2OS. The van der Waals surface area contributed by atoms with Crippen molar-refractivity contribution in [1.29, 1.82) is 0 Å². The Hall–Kier alpha value is -2.09. The van der Waals surface area contributed by atoms with Gasteiger partial charge in [0.15, 0.2) is 0 Å². The summed E-state index contributed by atoms with van der Waals surface area (Å²) in [7, 11) is 0. The molecule has 3 nitrogen and oxygen atoms in total. The van der Waals surface area contributed by atoms with E-state index in [1.165, 1.54) is 16.9 Å². The predicted molar refractivity (Wildman–Crippen MR) is 87.4 cm³/mol. The number of hydrogen-bond acceptors (Lipinski definition) is 3. The highest BCUT2D eigenvalue weighted by Crippen LogP contribution is 2.15. The summed E-state index contributed by atoms with van der Waals surface area (Å²) in [6.45, 7) is 3.04. The van der Waals surface area contributed by atoms with Gasteiger partial charge in [0.1, 0.15) is 0 Å². The maximum Gasteiger partial charge on any atom is 0.252 e. The van der Waals surface area contributed by atoms with E-state index < -0.39 is 0 Å². The van der Waals surface area contributed by atoms with Gasteiger partial charge in [0.25, 0.3) is 5.91 Å². The Morgan fingerprint density at radius 3 is 2.86 bits per heavy atom. The van der Waals surface area contributed by atoms with E-state index in [-0.39, 0.29) is 11.8 Å². The Kier molecular flexibility index (Phi) is 5.56. The summed E-state index contributed by atoms with van der Waals surface area (Å²) in [6.07, 6.45) is 0. The van der Waals surface area contributed by atoms with Crippen LogP contribution in [0.1, 0.15) is 33.6 Å². The molecule has 1 unspecified atom stereocenters.